The lowest BCUT2D eigenvalue weighted by atomic mass is 9.83. The predicted octanol–water partition coefficient (Wildman–Crippen LogP) is 5.48. The fraction of sp³-hybridized carbons (Fsp3) is 0.647. The number of likely N-dealkylation sites (N-methyl/N-ethyl adjacent to an activating group) is 1. The van der Waals surface area contributed by atoms with Crippen LogP contribution in [0.3, 0.4) is 0 Å². The van der Waals surface area contributed by atoms with Crippen molar-refractivity contribution in [3.8, 4) is 0 Å². The third kappa shape index (κ3) is 4.95. The zero-order valence-corrected chi connectivity index (χ0v) is 13.8. The molecule has 3 heteroatoms. The summed E-state index contributed by atoms with van der Waals surface area (Å²) < 4.78 is 0. The van der Waals surface area contributed by atoms with E-state index in [4.69, 9.17) is 23.2 Å². The molecular weight excluding hydrogens is 289 g/mol. The quantitative estimate of drug-likeness (QED) is 0.732. The molecule has 1 aromatic carbocycles. The molecule has 1 saturated carbocycles. The summed E-state index contributed by atoms with van der Waals surface area (Å²) in [5.41, 5.74) is 1.17. The molecule has 1 aromatic rings. The van der Waals surface area contributed by atoms with E-state index in [1.165, 1.54) is 44.1 Å². The molecule has 2 rings (SSSR count). The van der Waals surface area contributed by atoms with Gasteiger partial charge in [-0.05, 0) is 49.1 Å². The smallest absolute Gasteiger partial charge is 0.0439 e. The Balaban J connectivity index is 1.98. The number of nitrogens with one attached hydrogen (secondary N) is 1. The minimum absolute atomic E-state index is 0.513. The van der Waals surface area contributed by atoms with Crippen molar-refractivity contribution in [1.29, 1.82) is 0 Å². The van der Waals surface area contributed by atoms with E-state index in [-0.39, 0.29) is 0 Å². The maximum absolute atomic E-state index is 6.30. The second-order valence-electron chi connectivity index (χ2n) is 5.93. The van der Waals surface area contributed by atoms with Gasteiger partial charge in [-0.1, -0.05) is 62.2 Å². The lowest BCUT2D eigenvalue weighted by Crippen LogP contribution is -2.33. The summed E-state index contributed by atoms with van der Waals surface area (Å²) >= 11 is 12.4. The largest absolute Gasteiger partial charge is 0.314 e. The Morgan fingerprint density at radius 2 is 1.95 bits per heavy atom. The number of hydrogen-bond donors (Lipinski definition) is 1. The van der Waals surface area contributed by atoms with Crippen LogP contribution in [0.15, 0.2) is 18.2 Å². The molecule has 0 aliphatic heterocycles. The van der Waals surface area contributed by atoms with Crippen molar-refractivity contribution in [2.24, 2.45) is 5.92 Å². The Morgan fingerprint density at radius 3 is 2.65 bits per heavy atom. The average molecular weight is 314 g/mol. The lowest BCUT2D eigenvalue weighted by molar-refractivity contribution is 0.298. The molecule has 0 heterocycles. The maximum atomic E-state index is 6.30. The zero-order valence-electron chi connectivity index (χ0n) is 12.3. The van der Waals surface area contributed by atoms with Gasteiger partial charge < -0.3 is 5.32 Å². The highest BCUT2D eigenvalue weighted by atomic mass is 35.5. The van der Waals surface area contributed by atoms with Crippen LogP contribution < -0.4 is 5.32 Å². The highest BCUT2D eigenvalue weighted by molar-refractivity contribution is 6.33. The molecule has 1 atom stereocenters. The van der Waals surface area contributed by atoms with E-state index < -0.39 is 0 Å². The van der Waals surface area contributed by atoms with Crippen LogP contribution in [0.5, 0.6) is 0 Å². The summed E-state index contributed by atoms with van der Waals surface area (Å²) in [6.45, 7) is 3.18. The molecule has 1 unspecified atom stereocenters. The predicted molar refractivity (Wildman–Crippen MR) is 88.8 cm³/mol. The van der Waals surface area contributed by atoms with Crippen molar-refractivity contribution in [3.63, 3.8) is 0 Å². The molecule has 112 valence electrons. The van der Waals surface area contributed by atoms with Crippen LogP contribution in [0.1, 0.15) is 51.0 Å². The number of rotatable bonds is 6. The van der Waals surface area contributed by atoms with Gasteiger partial charge in [0.2, 0.25) is 0 Å². The first-order chi connectivity index (χ1) is 9.69. The molecular formula is C17H25Cl2N. The second-order valence-corrected chi connectivity index (χ2v) is 6.78. The fourth-order valence-corrected chi connectivity index (χ4v) is 3.71. The molecule has 0 spiro atoms. The third-order valence-electron chi connectivity index (χ3n) is 4.31. The highest BCUT2D eigenvalue weighted by Crippen LogP contribution is 2.29. The molecule has 20 heavy (non-hydrogen) atoms. The Bertz CT molecular complexity index is 413. The van der Waals surface area contributed by atoms with Gasteiger partial charge in [-0.2, -0.15) is 0 Å². The first-order valence-corrected chi connectivity index (χ1v) is 8.62. The summed E-state index contributed by atoms with van der Waals surface area (Å²) in [5.74, 6) is 0.880. The van der Waals surface area contributed by atoms with Crippen LogP contribution in [0.25, 0.3) is 0 Å². The van der Waals surface area contributed by atoms with Crippen LogP contribution >= 0.6 is 23.2 Å². The fourth-order valence-electron chi connectivity index (χ4n) is 3.32. The molecule has 0 bridgehead atoms. The normalized spacial score (nSPS) is 18.1. The van der Waals surface area contributed by atoms with E-state index in [2.05, 4.69) is 12.2 Å². The number of benzene rings is 1. The molecule has 0 saturated heterocycles. The van der Waals surface area contributed by atoms with Gasteiger partial charge in [0.25, 0.3) is 0 Å². The summed E-state index contributed by atoms with van der Waals surface area (Å²) in [6, 6.07) is 6.29. The third-order valence-corrected chi connectivity index (χ3v) is 4.91. The highest BCUT2D eigenvalue weighted by Gasteiger charge is 2.19. The molecule has 1 nitrogen and oxygen atoms in total. The Labute approximate surface area is 133 Å². The first kappa shape index (κ1) is 16.1. The van der Waals surface area contributed by atoms with Gasteiger partial charge in [0.1, 0.15) is 0 Å². The topological polar surface area (TPSA) is 12.0 Å². The molecule has 0 amide bonds. The van der Waals surface area contributed by atoms with Gasteiger partial charge in [-0.3, -0.25) is 0 Å². The summed E-state index contributed by atoms with van der Waals surface area (Å²) in [4.78, 5) is 0. The second kappa shape index (κ2) is 8.26. The SMILES string of the molecule is CCNC(Cc1cc(Cl)ccc1Cl)CC1CCCCC1. The minimum atomic E-state index is 0.513. The number of halogens is 2. The lowest BCUT2D eigenvalue weighted by Gasteiger charge is -2.27. The van der Waals surface area contributed by atoms with E-state index >= 15 is 0 Å². The summed E-state index contributed by atoms with van der Waals surface area (Å²) in [5, 5.41) is 5.23. The van der Waals surface area contributed by atoms with Crippen molar-refractivity contribution in [2.75, 3.05) is 6.54 Å². The first-order valence-electron chi connectivity index (χ1n) is 7.86. The Hall–Kier alpha value is -0.240. The summed E-state index contributed by atoms with van der Waals surface area (Å²) in [7, 11) is 0. The standard InChI is InChI=1S/C17H25Cl2N/c1-2-20-16(10-13-6-4-3-5-7-13)12-14-11-15(18)8-9-17(14)19/h8-9,11,13,16,20H,2-7,10,12H2,1H3. The van der Waals surface area contributed by atoms with Crippen molar-refractivity contribution < 1.29 is 0 Å². The van der Waals surface area contributed by atoms with Gasteiger partial charge in [-0.15, -0.1) is 0 Å². The van der Waals surface area contributed by atoms with E-state index in [1.54, 1.807) is 0 Å². The molecule has 1 aliphatic carbocycles. The van der Waals surface area contributed by atoms with Gasteiger partial charge in [0.15, 0.2) is 0 Å². The van der Waals surface area contributed by atoms with Crippen molar-refractivity contribution >= 4 is 23.2 Å². The van der Waals surface area contributed by atoms with E-state index in [1.807, 2.05) is 18.2 Å². The Kier molecular flexibility index (Phi) is 6.67. The zero-order chi connectivity index (χ0) is 14.4. The van der Waals surface area contributed by atoms with E-state index in [9.17, 15) is 0 Å². The Morgan fingerprint density at radius 1 is 1.20 bits per heavy atom. The van der Waals surface area contributed by atoms with Crippen LogP contribution in [0.4, 0.5) is 0 Å². The van der Waals surface area contributed by atoms with Crippen LogP contribution in [0.2, 0.25) is 10.0 Å². The van der Waals surface area contributed by atoms with Crippen molar-refractivity contribution in [2.45, 2.75) is 57.9 Å². The van der Waals surface area contributed by atoms with Crippen molar-refractivity contribution in [3.05, 3.63) is 33.8 Å². The van der Waals surface area contributed by atoms with Crippen LogP contribution in [0, 0.1) is 5.92 Å². The van der Waals surface area contributed by atoms with E-state index in [0.29, 0.717) is 6.04 Å². The maximum Gasteiger partial charge on any atom is 0.0439 e. The monoisotopic (exact) mass is 313 g/mol. The summed E-state index contributed by atoms with van der Waals surface area (Å²) in [6.07, 6.45) is 9.25. The van der Waals surface area contributed by atoms with Gasteiger partial charge in [0, 0.05) is 16.1 Å². The van der Waals surface area contributed by atoms with E-state index in [0.717, 1.165) is 28.9 Å². The van der Waals surface area contributed by atoms with Gasteiger partial charge in [-0.25, -0.2) is 0 Å². The molecule has 1 aliphatic rings. The molecule has 1 fully saturated rings. The van der Waals surface area contributed by atoms with Crippen molar-refractivity contribution in [1.82, 2.24) is 5.32 Å². The average Bonchev–Trinajstić information content (AvgIpc) is 2.44. The van der Waals surface area contributed by atoms with Crippen LogP contribution in [-0.2, 0) is 6.42 Å². The molecule has 1 N–H and O–H groups in total. The minimum Gasteiger partial charge on any atom is -0.314 e. The molecule has 0 radical (unpaired) electrons. The molecule has 0 aromatic heterocycles. The van der Waals surface area contributed by atoms with Crippen LogP contribution in [-0.4, -0.2) is 12.6 Å². The van der Waals surface area contributed by atoms with Gasteiger partial charge >= 0.3 is 0 Å². The van der Waals surface area contributed by atoms with Gasteiger partial charge in [0.05, 0.1) is 0 Å². The number of hydrogen-bond acceptors (Lipinski definition) is 1.